The zero-order valence-corrected chi connectivity index (χ0v) is 12.9. The van der Waals surface area contributed by atoms with Crippen molar-refractivity contribution in [1.29, 1.82) is 0 Å². The third-order valence-corrected chi connectivity index (χ3v) is 3.69. The molecule has 104 valence electrons. The molecule has 2 rings (SSSR count). The van der Waals surface area contributed by atoms with E-state index in [0.717, 1.165) is 15.8 Å². The number of alkyl carbamates (subject to hydrolysis) is 1. The second-order valence-corrected chi connectivity index (χ2v) is 6.17. The Morgan fingerprint density at radius 2 is 2.26 bits per heavy atom. The number of carbonyl (C=O) groups is 1. The molecule has 1 saturated heterocycles. The summed E-state index contributed by atoms with van der Waals surface area (Å²) in [5.41, 5.74) is 0.776. The predicted molar refractivity (Wildman–Crippen MR) is 76.3 cm³/mol. The molecule has 0 aromatic heterocycles. The first-order chi connectivity index (χ1) is 8.94. The van der Waals surface area contributed by atoms with Crippen LogP contribution in [-0.2, 0) is 4.74 Å². The van der Waals surface area contributed by atoms with Crippen molar-refractivity contribution in [2.24, 2.45) is 5.41 Å². The van der Waals surface area contributed by atoms with Crippen molar-refractivity contribution in [1.82, 2.24) is 5.32 Å². The van der Waals surface area contributed by atoms with E-state index in [1.54, 1.807) is 0 Å². The Balaban J connectivity index is 2.42. The maximum Gasteiger partial charge on any atom is 0.407 e. The van der Waals surface area contributed by atoms with Crippen molar-refractivity contribution in [3.63, 3.8) is 0 Å². The van der Waals surface area contributed by atoms with Gasteiger partial charge in [-0.1, -0.05) is 29.8 Å². The van der Waals surface area contributed by atoms with Crippen LogP contribution < -0.4 is 10.1 Å². The van der Waals surface area contributed by atoms with Crippen molar-refractivity contribution >= 4 is 22.0 Å². The molecular weight excluding hydrogens is 310 g/mol. The minimum absolute atomic E-state index is 0.132. The molecule has 0 saturated carbocycles. The van der Waals surface area contributed by atoms with Crippen LogP contribution >= 0.6 is 15.9 Å². The van der Waals surface area contributed by atoms with Gasteiger partial charge < -0.3 is 14.8 Å². The molecule has 0 spiro atoms. The number of amides is 1. The van der Waals surface area contributed by atoms with E-state index in [9.17, 15) is 4.79 Å². The minimum Gasteiger partial charge on any atom is -0.494 e. The molecular formula is C14H18BrNO3. The van der Waals surface area contributed by atoms with Crippen LogP contribution in [0.2, 0.25) is 0 Å². The second kappa shape index (κ2) is 5.41. The molecule has 19 heavy (non-hydrogen) atoms. The smallest absolute Gasteiger partial charge is 0.407 e. The first-order valence-corrected chi connectivity index (χ1v) is 7.09. The van der Waals surface area contributed by atoms with Gasteiger partial charge in [-0.25, -0.2) is 4.79 Å². The molecule has 1 aromatic carbocycles. The Morgan fingerprint density at radius 1 is 1.53 bits per heavy atom. The van der Waals surface area contributed by atoms with Crippen molar-refractivity contribution in [3.8, 4) is 5.75 Å². The average molecular weight is 328 g/mol. The van der Waals surface area contributed by atoms with E-state index in [0.29, 0.717) is 13.2 Å². The number of hydrogen-bond donors (Lipinski definition) is 1. The Bertz CT molecular complexity index is 488. The Kier molecular flexibility index (Phi) is 4.04. The molecule has 1 aliphatic rings. The van der Waals surface area contributed by atoms with Gasteiger partial charge in [0, 0.05) is 15.5 Å². The molecule has 1 heterocycles. The number of cyclic esters (lactones) is 1. The maximum absolute atomic E-state index is 11.5. The van der Waals surface area contributed by atoms with Gasteiger partial charge in [0.25, 0.3) is 0 Å². The summed E-state index contributed by atoms with van der Waals surface area (Å²) in [5.74, 6) is 0.797. The third-order valence-electron chi connectivity index (χ3n) is 3.20. The monoisotopic (exact) mass is 327 g/mol. The fourth-order valence-electron chi connectivity index (χ4n) is 2.22. The number of rotatable bonds is 3. The van der Waals surface area contributed by atoms with Gasteiger partial charge in [0.05, 0.1) is 12.6 Å². The topological polar surface area (TPSA) is 47.6 Å². The molecule has 5 heteroatoms. The van der Waals surface area contributed by atoms with Gasteiger partial charge in [-0.05, 0) is 25.1 Å². The Morgan fingerprint density at radius 3 is 2.95 bits per heavy atom. The normalized spacial score (nSPS) is 21.5. The van der Waals surface area contributed by atoms with Crippen LogP contribution in [0.25, 0.3) is 0 Å². The fraction of sp³-hybridized carbons (Fsp3) is 0.500. The lowest BCUT2D eigenvalue weighted by Gasteiger charge is -2.39. The van der Waals surface area contributed by atoms with E-state index in [1.165, 1.54) is 0 Å². The lowest BCUT2D eigenvalue weighted by molar-refractivity contribution is 0.0379. The number of nitrogens with one attached hydrogen (secondary N) is 1. The highest BCUT2D eigenvalue weighted by Crippen LogP contribution is 2.41. The predicted octanol–water partition coefficient (Wildman–Crippen LogP) is 3.65. The molecule has 1 amide bonds. The van der Waals surface area contributed by atoms with E-state index in [-0.39, 0.29) is 17.6 Å². The summed E-state index contributed by atoms with van der Waals surface area (Å²) in [6.45, 7) is 7.05. The Hall–Kier alpha value is -1.23. The first-order valence-electron chi connectivity index (χ1n) is 6.29. The number of halogens is 1. The maximum atomic E-state index is 11.5. The first kappa shape index (κ1) is 14.2. The van der Waals surface area contributed by atoms with Gasteiger partial charge in [-0.2, -0.15) is 0 Å². The van der Waals surface area contributed by atoms with Crippen LogP contribution in [0.4, 0.5) is 4.79 Å². The number of carbonyl (C=O) groups excluding carboxylic acids is 1. The standard InChI is InChI=1S/C14H18BrNO3/c1-4-18-11-6-5-9(15)7-10(11)12-14(2,3)8-19-13(17)16-12/h5-7,12H,4,8H2,1-3H3,(H,16,17)/t12-/m0/s1. The quantitative estimate of drug-likeness (QED) is 0.921. The molecule has 1 atom stereocenters. The molecule has 0 aliphatic carbocycles. The third kappa shape index (κ3) is 3.03. The summed E-state index contributed by atoms with van der Waals surface area (Å²) in [7, 11) is 0. The lowest BCUT2D eigenvalue weighted by Crippen LogP contribution is -2.47. The number of hydrogen-bond acceptors (Lipinski definition) is 3. The summed E-state index contributed by atoms with van der Waals surface area (Å²) in [6.07, 6.45) is -0.383. The molecule has 0 unspecified atom stereocenters. The van der Waals surface area contributed by atoms with Crippen molar-refractivity contribution in [2.45, 2.75) is 26.8 Å². The van der Waals surface area contributed by atoms with Crippen LogP contribution in [0, 0.1) is 5.41 Å². The average Bonchev–Trinajstić information content (AvgIpc) is 2.35. The summed E-state index contributed by atoms with van der Waals surface area (Å²) < 4.78 is 11.7. The molecule has 1 fully saturated rings. The summed E-state index contributed by atoms with van der Waals surface area (Å²) in [6, 6.07) is 5.71. The van der Waals surface area contributed by atoms with Crippen molar-refractivity contribution in [2.75, 3.05) is 13.2 Å². The van der Waals surface area contributed by atoms with Crippen molar-refractivity contribution < 1.29 is 14.3 Å². The van der Waals surface area contributed by atoms with Crippen LogP contribution in [-0.4, -0.2) is 19.3 Å². The highest BCUT2D eigenvalue weighted by Gasteiger charge is 2.39. The van der Waals surface area contributed by atoms with Crippen LogP contribution in [0.15, 0.2) is 22.7 Å². The molecule has 1 aromatic rings. The van der Waals surface area contributed by atoms with Crippen LogP contribution in [0.3, 0.4) is 0 Å². The zero-order valence-electron chi connectivity index (χ0n) is 11.3. The highest BCUT2D eigenvalue weighted by molar-refractivity contribution is 9.10. The van der Waals surface area contributed by atoms with Gasteiger partial charge in [0.2, 0.25) is 0 Å². The zero-order chi connectivity index (χ0) is 14.0. The van der Waals surface area contributed by atoms with Gasteiger partial charge in [0.1, 0.15) is 12.4 Å². The molecule has 1 N–H and O–H groups in total. The van der Waals surface area contributed by atoms with E-state index >= 15 is 0 Å². The minimum atomic E-state index is -0.383. The van der Waals surface area contributed by atoms with E-state index in [2.05, 4.69) is 35.1 Å². The van der Waals surface area contributed by atoms with Gasteiger partial charge in [-0.15, -0.1) is 0 Å². The van der Waals surface area contributed by atoms with Gasteiger partial charge >= 0.3 is 6.09 Å². The van der Waals surface area contributed by atoms with Crippen molar-refractivity contribution in [3.05, 3.63) is 28.2 Å². The summed E-state index contributed by atoms with van der Waals surface area (Å²) >= 11 is 3.47. The summed E-state index contributed by atoms with van der Waals surface area (Å²) in [5, 5.41) is 2.89. The molecule has 1 aliphatic heterocycles. The molecule has 4 nitrogen and oxygen atoms in total. The highest BCUT2D eigenvalue weighted by atomic mass is 79.9. The molecule has 0 bridgehead atoms. The van der Waals surface area contributed by atoms with Crippen LogP contribution in [0.1, 0.15) is 32.4 Å². The fourth-order valence-corrected chi connectivity index (χ4v) is 2.60. The van der Waals surface area contributed by atoms with E-state index in [1.807, 2.05) is 25.1 Å². The summed E-state index contributed by atoms with van der Waals surface area (Å²) in [4.78, 5) is 11.5. The molecule has 0 radical (unpaired) electrons. The SMILES string of the molecule is CCOc1ccc(Br)cc1[C@@H]1NC(=O)OCC1(C)C. The van der Waals surface area contributed by atoms with Gasteiger partial charge in [-0.3, -0.25) is 0 Å². The van der Waals surface area contributed by atoms with Gasteiger partial charge in [0.15, 0.2) is 0 Å². The van der Waals surface area contributed by atoms with E-state index in [4.69, 9.17) is 9.47 Å². The largest absolute Gasteiger partial charge is 0.494 e. The van der Waals surface area contributed by atoms with Crippen LogP contribution in [0.5, 0.6) is 5.75 Å². The second-order valence-electron chi connectivity index (χ2n) is 5.26. The number of ether oxygens (including phenoxy) is 2. The lowest BCUT2D eigenvalue weighted by atomic mass is 9.80. The number of benzene rings is 1. The Labute approximate surface area is 121 Å². The van der Waals surface area contributed by atoms with E-state index < -0.39 is 0 Å².